The molecule has 2 saturated heterocycles. The van der Waals surface area contributed by atoms with Crippen molar-refractivity contribution in [3.8, 4) is 5.75 Å². The Hall–Kier alpha value is -5.12. The normalized spacial score (nSPS) is 29.3. The summed E-state index contributed by atoms with van der Waals surface area (Å²) in [6.45, 7) is 3.59. The van der Waals surface area contributed by atoms with E-state index in [1.165, 1.54) is 29.2 Å². The zero-order valence-electron chi connectivity index (χ0n) is 24.0. The van der Waals surface area contributed by atoms with Crippen molar-refractivity contribution in [3.63, 3.8) is 0 Å². The molecule has 0 aromatic heterocycles. The van der Waals surface area contributed by atoms with Gasteiger partial charge in [-0.2, -0.15) is 0 Å². The lowest BCUT2D eigenvalue weighted by Gasteiger charge is -2.49. The van der Waals surface area contributed by atoms with Gasteiger partial charge in [0, 0.05) is 18.1 Å². The summed E-state index contributed by atoms with van der Waals surface area (Å²) in [5, 5.41) is 21.5. The minimum atomic E-state index is -1.17. The molecule has 6 atom stereocenters. The molecular formula is C34H29N3O7. The number of benzene rings is 3. The van der Waals surface area contributed by atoms with Gasteiger partial charge < -0.3 is 5.11 Å². The number of hydrogen-bond acceptors (Lipinski definition) is 7. The highest BCUT2D eigenvalue weighted by Crippen LogP contribution is 2.63. The van der Waals surface area contributed by atoms with E-state index < -0.39 is 45.8 Å². The van der Waals surface area contributed by atoms with Crippen molar-refractivity contribution in [1.29, 1.82) is 0 Å². The number of phenolic OH excluding ortho intramolecular Hbond substituents is 1. The van der Waals surface area contributed by atoms with Crippen LogP contribution in [0.2, 0.25) is 0 Å². The van der Waals surface area contributed by atoms with E-state index in [9.17, 15) is 34.4 Å². The smallest absolute Gasteiger partial charge is 0.269 e. The molecule has 4 aliphatic rings. The maximum absolute atomic E-state index is 14.4. The number of amides is 4. The second kappa shape index (κ2) is 9.70. The first-order valence-electron chi connectivity index (χ1n) is 14.6. The van der Waals surface area contributed by atoms with Crippen LogP contribution in [0.25, 0.3) is 0 Å². The largest absolute Gasteiger partial charge is 0.508 e. The Bertz CT molecular complexity index is 1800. The standard InChI is InChI=1S/C34H29N3O7/c1-18-16-19(8-15-27(18)38)29-23-13-14-24-28(32(41)35(30(24)39)21-9-11-22(12-10-21)37(43)44)25(23)17-26-31(40)36(33(42)34(26,29)2)20-6-4-3-5-7-20/h3-13,15-16,24-26,28-29,38H,14,17H2,1-2H3/t24-,25+,26-,28-,29-,34+/m0/s1. The number of aromatic hydroxyl groups is 1. The summed E-state index contributed by atoms with van der Waals surface area (Å²) in [6, 6.07) is 19.3. The van der Waals surface area contributed by atoms with Gasteiger partial charge in [-0.1, -0.05) is 42.0 Å². The summed E-state index contributed by atoms with van der Waals surface area (Å²) in [6.07, 6.45) is 2.47. The number of hydrogen-bond donors (Lipinski definition) is 1. The minimum Gasteiger partial charge on any atom is -0.508 e. The number of nitro groups is 1. The van der Waals surface area contributed by atoms with Gasteiger partial charge in [-0.05, 0) is 74.1 Å². The van der Waals surface area contributed by atoms with Crippen LogP contribution in [0.4, 0.5) is 17.1 Å². The number of phenols is 1. The number of non-ortho nitro benzene ring substituents is 1. The van der Waals surface area contributed by atoms with Gasteiger partial charge in [-0.25, -0.2) is 4.90 Å². The van der Waals surface area contributed by atoms with E-state index in [1.54, 1.807) is 43.3 Å². The molecule has 0 radical (unpaired) electrons. The first-order chi connectivity index (χ1) is 21.0. The fourth-order valence-electron chi connectivity index (χ4n) is 8.05. The van der Waals surface area contributed by atoms with Gasteiger partial charge in [0.05, 0.1) is 39.5 Å². The number of fused-ring (bicyclic) bond motifs is 4. The van der Waals surface area contributed by atoms with Crippen LogP contribution in [0.3, 0.4) is 0 Å². The molecule has 0 bridgehead atoms. The Labute approximate surface area is 252 Å². The third-order valence-corrected chi connectivity index (χ3v) is 10.2. The average Bonchev–Trinajstić information content (AvgIpc) is 3.38. The van der Waals surface area contributed by atoms with Crippen LogP contribution < -0.4 is 9.80 Å². The summed E-state index contributed by atoms with van der Waals surface area (Å²) >= 11 is 0. The average molecular weight is 592 g/mol. The Morgan fingerprint density at radius 2 is 1.55 bits per heavy atom. The number of anilines is 2. The van der Waals surface area contributed by atoms with Crippen molar-refractivity contribution in [1.82, 2.24) is 0 Å². The second-order valence-electron chi connectivity index (χ2n) is 12.3. The summed E-state index contributed by atoms with van der Waals surface area (Å²) < 4.78 is 0. The minimum absolute atomic E-state index is 0.107. The predicted molar refractivity (Wildman–Crippen MR) is 159 cm³/mol. The summed E-state index contributed by atoms with van der Waals surface area (Å²) in [4.78, 5) is 69.4. The maximum Gasteiger partial charge on any atom is 0.269 e. The van der Waals surface area contributed by atoms with Gasteiger partial charge in [0.1, 0.15) is 5.75 Å². The number of rotatable bonds is 4. The quantitative estimate of drug-likeness (QED) is 0.194. The first kappa shape index (κ1) is 27.7. The molecule has 1 N–H and O–H groups in total. The topological polar surface area (TPSA) is 138 Å². The van der Waals surface area contributed by atoms with Crippen LogP contribution in [0.1, 0.15) is 36.8 Å². The number of allylic oxidation sites excluding steroid dienone is 2. The number of imide groups is 2. The zero-order valence-corrected chi connectivity index (χ0v) is 24.0. The summed E-state index contributed by atoms with van der Waals surface area (Å²) in [5.41, 5.74) is 1.63. The fraction of sp³-hybridized carbons (Fsp3) is 0.294. The molecule has 2 heterocycles. The molecule has 10 nitrogen and oxygen atoms in total. The van der Waals surface area contributed by atoms with E-state index in [0.29, 0.717) is 11.3 Å². The Morgan fingerprint density at radius 3 is 2.20 bits per heavy atom. The number of nitro benzene ring substituents is 1. The van der Waals surface area contributed by atoms with Gasteiger partial charge >= 0.3 is 0 Å². The number of para-hydroxylation sites is 1. The SMILES string of the molecule is Cc1cc([C@H]2C3=CC[C@@H]4C(=O)N(c5ccc([N+](=O)[O-])cc5)C(=O)[C@@H]4[C@@H]3C[C@H]3C(=O)N(c4ccccc4)C(=O)[C@@]23C)ccc1O. The highest BCUT2D eigenvalue weighted by Gasteiger charge is 2.67. The Balaban J connectivity index is 1.34. The van der Waals surface area contributed by atoms with Crippen LogP contribution in [-0.4, -0.2) is 33.7 Å². The molecule has 0 spiro atoms. The highest BCUT2D eigenvalue weighted by molar-refractivity contribution is 6.25. The van der Waals surface area contributed by atoms with Crippen LogP contribution in [-0.2, 0) is 19.2 Å². The van der Waals surface area contributed by atoms with Crippen LogP contribution in [0, 0.1) is 46.1 Å². The molecule has 4 amide bonds. The molecule has 7 rings (SSSR count). The van der Waals surface area contributed by atoms with E-state index in [2.05, 4.69) is 0 Å². The molecule has 3 aromatic rings. The molecule has 222 valence electrons. The molecule has 44 heavy (non-hydrogen) atoms. The van der Waals surface area contributed by atoms with E-state index in [4.69, 9.17) is 0 Å². The summed E-state index contributed by atoms with van der Waals surface area (Å²) in [5.74, 6) is -4.58. The second-order valence-corrected chi connectivity index (χ2v) is 12.3. The van der Waals surface area contributed by atoms with Crippen molar-refractivity contribution >= 4 is 40.7 Å². The third kappa shape index (κ3) is 3.73. The maximum atomic E-state index is 14.4. The number of carbonyl (C=O) groups is 4. The molecule has 3 aromatic carbocycles. The van der Waals surface area contributed by atoms with Crippen molar-refractivity contribution < 1.29 is 29.2 Å². The Kier molecular flexibility index (Phi) is 6.11. The zero-order chi connectivity index (χ0) is 31.1. The van der Waals surface area contributed by atoms with Crippen LogP contribution in [0.15, 0.2) is 84.4 Å². The van der Waals surface area contributed by atoms with Crippen LogP contribution >= 0.6 is 0 Å². The monoisotopic (exact) mass is 591 g/mol. The van der Waals surface area contributed by atoms with Crippen molar-refractivity contribution in [2.24, 2.45) is 29.1 Å². The first-order valence-corrected chi connectivity index (χ1v) is 14.6. The van der Waals surface area contributed by atoms with Crippen molar-refractivity contribution in [2.75, 3.05) is 9.80 Å². The van der Waals surface area contributed by atoms with E-state index in [-0.39, 0.29) is 47.7 Å². The van der Waals surface area contributed by atoms with Crippen LogP contribution in [0.5, 0.6) is 5.75 Å². The van der Waals surface area contributed by atoms with Gasteiger partial charge in [-0.3, -0.25) is 34.2 Å². The number of aryl methyl sites for hydroxylation is 1. The molecule has 3 fully saturated rings. The molecule has 0 unspecified atom stereocenters. The number of nitrogens with zero attached hydrogens (tertiary/aromatic N) is 3. The predicted octanol–water partition coefficient (Wildman–Crippen LogP) is 5.04. The lowest BCUT2D eigenvalue weighted by Crippen LogP contribution is -2.48. The molecule has 2 aliphatic carbocycles. The number of carbonyl (C=O) groups excluding carboxylic acids is 4. The highest BCUT2D eigenvalue weighted by atomic mass is 16.6. The molecule has 2 aliphatic heterocycles. The van der Waals surface area contributed by atoms with Gasteiger partial charge in [0.25, 0.3) is 5.69 Å². The molecule has 1 saturated carbocycles. The third-order valence-electron chi connectivity index (χ3n) is 10.2. The van der Waals surface area contributed by atoms with E-state index in [1.807, 2.05) is 25.1 Å². The molecule has 10 heteroatoms. The van der Waals surface area contributed by atoms with Gasteiger partial charge in [0.2, 0.25) is 23.6 Å². The van der Waals surface area contributed by atoms with E-state index >= 15 is 0 Å². The van der Waals surface area contributed by atoms with Gasteiger partial charge in [-0.15, -0.1) is 0 Å². The summed E-state index contributed by atoms with van der Waals surface area (Å²) in [7, 11) is 0. The molecular weight excluding hydrogens is 562 g/mol. The fourth-order valence-corrected chi connectivity index (χ4v) is 8.05. The lowest BCUT2D eigenvalue weighted by atomic mass is 9.51. The van der Waals surface area contributed by atoms with Crippen molar-refractivity contribution in [3.05, 3.63) is 106 Å². The van der Waals surface area contributed by atoms with Gasteiger partial charge in [0.15, 0.2) is 0 Å². The Morgan fingerprint density at radius 1 is 0.864 bits per heavy atom. The van der Waals surface area contributed by atoms with E-state index in [0.717, 1.165) is 16.0 Å². The lowest BCUT2D eigenvalue weighted by molar-refractivity contribution is -0.384. The van der Waals surface area contributed by atoms with Crippen molar-refractivity contribution in [2.45, 2.75) is 32.6 Å².